The standard InChI is InChI=1S/C20H19N3O5/c1-3-28-20(26)22-19-21-16-11-14(18(25)27-2)9-10-15(16)17(24)23(19)12-13-7-5-4-6-8-13/h4-11H,3,12H2,1-2H3,(H,21,22,26). The molecule has 8 nitrogen and oxygen atoms in total. The minimum absolute atomic E-state index is 0.0295. The third kappa shape index (κ3) is 4.01. The van der Waals surface area contributed by atoms with Gasteiger partial charge in [0.25, 0.3) is 5.56 Å². The summed E-state index contributed by atoms with van der Waals surface area (Å²) in [6, 6.07) is 13.8. The average Bonchev–Trinajstić information content (AvgIpc) is 2.70. The topological polar surface area (TPSA) is 99.5 Å². The molecule has 0 fully saturated rings. The van der Waals surface area contributed by atoms with E-state index in [2.05, 4.69) is 10.3 Å². The number of esters is 1. The fourth-order valence-electron chi connectivity index (χ4n) is 2.73. The number of amides is 1. The maximum Gasteiger partial charge on any atom is 0.413 e. The second-order valence-corrected chi connectivity index (χ2v) is 5.88. The molecule has 144 valence electrons. The third-order valence-corrected chi connectivity index (χ3v) is 4.05. The van der Waals surface area contributed by atoms with Gasteiger partial charge in [-0.1, -0.05) is 30.3 Å². The maximum atomic E-state index is 13.1. The van der Waals surface area contributed by atoms with Crippen molar-refractivity contribution in [2.75, 3.05) is 19.0 Å². The quantitative estimate of drug-likeness (QED) is 0.682. The van der Waals surface area contributed by atoms with Gasteiger partial charge in [-0.2, -0.15) is 0 Å². The molecular weight excluding hydrogens is 362 g/mol. The van der Waals surface area contributed by atoms with E-state index < -0.39 is 12.1 Å². The van der Waals surface area contributed by atoms with E-state index in [1.54, 1.807) is 6.92 Å². The van der Waals surface area contributed by atoms with Gasteiger partial charge in [-0.25, -0.2) is 14.6 Å². The van der Waals surface area contributed by atoms with Crippen molar-refractivity contribution in [1.82, 2.24) is 9.55 Å². The van der Waals surface area contributed by atoms with Crippen molar-refractivity contribution in [2.24, 2.45) is 0 Å². The van der Waals surface area contributed by atoms with Gasteiger partial charge in [0.05, 0.1) is 36.7 Å². The first kappa shape index (κ1) is 19.1. The molecule has 0 bridgehead atoms. The average molecular weight is 381 g/mol. The summed E-state index contributed by atoms with van der Waals surface area (Å²) in [5.41, 5.74) is 1.04. The van der Waals surface area contributed by atoms with Gasteiger partial charge in [0.1, 0.15) is 0 Å². The molecule has 28 heavy (non-hydrogen) atoms. The number of nitrogens with zero attached hydrogens (tertiary/aromatic N) is 2. The van der Waals surface area contributed by atoms with Crippen LogP contribution in [0.25, 0.3) is 10.9 Å². The summed E-state index contributed by atoms with van der Waals surface area (Å²) >= 11 is 0. The molecule has 8 heteroatoms. The molecule has 0 spiro atoms. The zero-order chi connectivity index (χ0) is 20.1. The van der Waals surface area contributed by atoms with Crippen LogP contribution in [0.5, 0.6) is 0 Å². The van der Waals surface area contributed by atoms with E-state index in [-0.39, 0.29) is 35.7 Å². The van der Waals surface area contributed by atoms with Crippen LogP contribution in [0.3, 0.4) is 0 Å². The summed E-state index contributed by atoms with van der Waals surface area (Å²) in [5.74, 6) is -0.515. The fraction of sp³-hybridized carbons (Fsp3) is 0.200. The molecule has 2 aromatic carbocycles. The number of ether oxygens (including phenoxy) is 2. The molecule has 3 rings (SSSR count). The molecule has 1 aromatic heterocycles. The number of carbonyl (C=O) groups is 2. The first-order valence-electron chi connectivity index (χ1n) is 8.64. The predicted octanol–water partition coefficient (Wildman–Crippen LogP) is 2.80. The molecule has 0 unspecified atom stereocenters. The van der Waals surface area contributed by atoms with Crippen molar-refractivity contribution in [2.45, 2.75) is 13.5 Å². The van der Waals surface area contributed by atoms with Gasteiger partial charge in [0.15, 0.2) is 0 Å². The molecule has 0 atom stereocenters. The summed E-state index contributed by atoms with van der Waals surface area (Å²) in [6.45, 7) is 2.06. The molecule has 1 N–H and O–H groups in total. The number of carbonyl (C=O) groups excluding carboxylic acids is 2. The molecule has 0 aliphatic heterocycles. The third-order valence-electron chi connectivity index (χ3n) is 4.05. The highest BCUT2D eigenvalue weighted by atomic mass is 16.5. The SMILES string of the molecule is CCOC(=O)Nc1nc2cc(C(=O)OC)ccc2c(=O)n1Cc1ccccc1. The minimum Gasteiger partial charge on any atom is -0.465 e. The van der Waals surface area contributed by atoms with Gasteiger partial charge < -0.3 is 9.47 Å². The summed E-state index contributed by atoms with van der Waals surface area (Å²) in [5, 5.41) is 2.82. The van der Waals surface area contributed by atoms with Crippen LogP contribution in [0.2, 0.25) is 0 Å². The van der Waals surface area contributed by atoms with E-state index in [0.29, 0.717) is 5.39 Å². The number of benzene rings is 2. The summed E-state index contributed by atoms with van der Waals surface area (Å²) in [4.78, 5) is 41.1. The lowest BCUT2D eigenvalue weighted by Crippen LogP contribution is -2.28. The van der Waals surface area contributed by atoms with Crippen molar-refractivity contribution in [3.05, 3.63) is 70.0 Å². The molecule has 1 amide bonds. The number of fused-ring (bicyclic) bond motifs is 1. The van der Waals surface area contributed by atoms with E-state index in [4.69, 9.17) is 9.47 Å². The molecule has 3 aromatic rings. The van der Waals surface area contributed by atoms with Crippen LogP contribution in [0.4, 0.5) is 10.7 Å². The lowest BCUT2D eigenvalue weighted by atomic mass is 10.1. The summed E-state index contributed by atoms with van der Waals surface area (Å²) in [7, 11) is 1.27. The molecular formula is C20H19N3O5. The second kappa shape index (κ2) is 8.34. The van der Waals surface area contributed by atoms with E-state index in [1.807, 2.05) is 30.3 Å². The number of methoxy groups -OCH3 is 1. The highest BCUT2D eigenvalue weighted by Crippen LogP contribution is 2.16. The van der Waals surface area contributed by atoms with Crippen molar-refractivity contribution in [3.63, 3.8) is 0 Å². The van der Waals surface area contributed by atoms with E-state index in [1.165, 1.54) is 29.9 Å². The van der Waals surface area contributed by atoms with Crippen molar-refractivity contribution in [3.8, 4) is 0 Å². The van der Waals surface area contributed by atoms with Gasteiger partial charge in [-0.3, -0.25) is 14.7 Å². The Bertz CT molecular complexity index is 1080. The van der Waals surface area contributed by atoms with Crippen LogP contribution >= 0.6 is 0 Å². The molecule has 0 saturated carbocycles. The number of anilines is 1. The second-order valence-electron chi connectivity index (χ2n) is 5.88. The van der Waals surface area contributed by atoms with Crippen LogP contribution in [0.15, 0.2) is 53.3 Å². The van der Waals surface area contributed by atoms with Gasteiger partial charge in [0.2, 0.25) is 5.95 Å². The van der Waals surface area contributed by atoms with Crippen LogP contribution in [-0.2, 0) is 16.0 Å². The van der Waals surface area contributed by atoms with Crippen molar-refractivity contribution in [1.29, 1.82) is 0 Å². The summed E-state index contributed by atoms with van der Waals surface area (Å²) in [6.07, 6.45) is -0.723. The number of rotatable bonds is 5. The number of hydrogen-bond donors (Lipinski definition) is 1. The zero-order valence-corrected chi connectivity index (χ0v) is 15.5. The van der Waals surface area contributed by atoms with Crippen LogP contribution in [0, 0.1) is 0 Å². The summed E-state index contributed by atoms with van der Waals surface area (Å²) < 4.78 is 11.0. The van der Waals surface area contributed by atoms with E-state index >= 15 is 0 Å². The molecule has 0 aliphatic rings. The molecule has 0 aliphatic carbocycles. The van der Waals surface area contributed by atoms with Crippen LogP contribution < -0.4 is 10.9 Å². The Labute approximate surface area is 160 Å². The Morgan fingerprint density at radius 3 is 2.57 bits per heavy atom. The predicted molar refractivity (Wildman–Crippen MR) is 104 cm³/mol. The molecule has 1 heterocycles. The Hall–Kier alpha value is -3.68. The lowest BCUT2D eigenvalue weighted by molar-refractivity contribution is 0.0601. The van der Waals surface area contributed by atoms with Crippen LogP contribution in [0.1, 0.15) is 22.8 Å². The van der Waals surface area contributed by atoms with Crippen molar-refractivity contribution < 1.29 is 19.1 Å². The number of nitrogens with one attached hydrogen (secondary N) is 1. The fourth-order valence-corrected chi connectivity index (χ4v) is 2.73. The Morgan fingerprint density at radius 2 is 1.89 bits per heavy atom. The van der Waals surface area contributed by atoms with Gasteiger partial charge in [-0.15, -0.1) is 0 Å². The Kier molecular flexibility index (Phi) is 5.69. The first-order valence-corrected chi connectivity index (χ1v) is 8.64. The van der Waals surface area contributed by atoms with E-state index in [0.717, 1.165) is 5.56 Å². The molecule has 0 radical (unpaired) electrons. The Morgan fingerprint density at radius 1 is 1.14 bits per heavy atom. The van der Waals surface area contributed by atoms with Gasteiger partial charge >= 0.3 is 12.1 Å². The van der Waals surface area contributed by atoms with E-state index in [9.17, 15) is 14.4 Å². The Balaban J connectivity index is 2.14. The normalized spacial score (nSPS) is 10.5. The lowest BCUT2D eigenvalue weighted by Gasteiger charge is -2.14. The smallest absolute Gasteiger partial charge is 0.413 e. The number of aromatic nitrogens is 2. The maximum absolute atomic E-state index is 13.1. The minimum atomic E-state index is -0.723. The molecule has 0 saturated heterocycles. The highest BCUT2D eigenvalue weighted by molar-refractivity contribution is 5.94. The highest BCUT2D eigenvalue weighted by Gasteiger charge is 2.16. The van der Waals surface area contributed by atoms with Gasteiger partial charge in [-0.05, 0) is 30.7 Å². The number of hydrogen-bond acceptors (Lipinski definition) is 6. The first-order chi connectivity index (χ1) is 13.5. The van der Waals surface area contributed by atoms with Gasteiger partial charge in [0, 0.05) is 0 Å². The van der Waals surface area contributed by atoms with Crippen molar-refractivity contribution >= 4 is 28.9 Å². The van der Waals surface area contributed by atoms with Crippen LogP contribution in [-0.4, -0.2) is 35.3 Å². The monoisotopic (exact) mass is 381 g/mol. The largest absolute Gasteiger partial charge is 0.465 e. The zero-order valence-electron chi connectivity index (χ0n) is 15.5.